The van der Waals surface area contributed by atoms with E-state index < -0.39 is 13.0 Å². The van der Waals surface area contributed by atoms with Crippen molar-refractivity contribution in [2.45, 2.75) is 6.43 Å². The summed E-state index contributed by atoms with van der Waals surface area (Å²) in [5, 5.41) is 3.97. The maximum Gasteiger partial charge on any atom is 0.276 e. The minimum absolute atomic E-state index is 0.105. The third-order valence-corrected chi connectivity index (χ3v) is 2.71. The number of anilines is 1. The lowest BCUT2D eigenvalue weighted by Crippen LogP contribution is -2.26. The first-order chi connectivity index (χ1) is 9.97. The van der Waals surface area contributed by atoms with Crippen LogP contribution < -0.4 is 9.64 Å². The number of ether oxygens (including phenoxy) is 1. The van der Waals surface area contributed by atoms with E-state index in [4.69, 9.17) is 4.74 Å². The second-order valence-corrected chi connectivity index (χ2v) is 4.32. The van der Waals surface area contributed by atoms with E-state index in [2.05, 4.69) is 10.1 Å². The Bertz CT molecular complexity index is 630. The van der Waals surface area contributed by atoms with Crippen molar-refractivity contribution in [3.05, 3.63) is 36.4 Å². The maximum absolute atomic E-state index is 12.3. The van der Waals surface area contributed by atoms with Gasteiger partial charge in [0.25, 0.3) is 12.3 Å². The molecule has 0 N–H and O–H groups in total. The van der Waals surface area contributed by atoms with Crippen molar-refractivity contribution in [2.75, 3.05) is 18.6 Å². The molecule has 0 aliphatic rings. The number of aryl methyl sites for hydroxylation is 1. The van der Waals surface area contributed by atoms with Gasteiger partial charge in [-0.2, -0.15) is 5.10 Å². The zero-order valence-electron chi connectivity index (χ0n) is 11.5. The Labute approximate surface area is 120 Å². The van der Waals surface area contributed by atoms with Gasteiger partial charge in [0.1, 0.15) is 18.1 Å². The van der Waals surface area contributed by atoms with Crippen LogP contribution in [0.2, 0.25) is 0 Å². The summed E-state index contributed by atoms with van der Waals surface area (Å²) in [6, 6.07) is 2.75. The molecule has 0 aliphatic carbocycles. The van der Waals surface area contributed by atoms with Crippen LogP contribution in [0.15, 0.2) is 30.7 Å². The summed E-state index contributed by atoms with van der Waals surface area (Å²) < 4.78 is 30.6. The Hall–Kier alpha value is -2.51. The van der Waals surface area contributed by atoms with E-state index in [1.807, 2.05) is 0 Å². The van der Waals surface area contributed by atoms with Gasteiger partial charge >= 0.3 is 0 Å². The van der Waals surface area contributed by atoms with Crippen LogP contribution in [0.3, 0.4) is 0 Å². The second-order valence-electron chi connectivity index (χ2n) is 4.32. The first-order valence-corrected chi connectivity index (χ1v) is 6.11. The summed E-state index contributed by atoms with van der Waals surface area (Å²) in [6.45, 7) is -0.726. The molecule has 1 amide bonds. The number of nitrogens with zero attached hydrogens (tertiary/aromatic N) is 4. The summed E-state index contributed by atoms with van der Waals surface area (Å²) in [7, 11) is 3.31. The molecule has 0 radical (unpaired) electrons. The molecule has 0 saturated heterocycles. The van der Waals surface area contributed by atoms with E-state index in [1.165, 1.54) is 29.4 Å². The highest BCUT2D eigenvalue weighted by Crippen LogP contribution is 2.16. The number of carbonyl (C=O) groups excluding carboxylic acids is 1. The summed E-state index contributed by atoms with van der Waals surface area (Å²) in [5.41, 5.74) is 0.705. The third kappa shape index (κ3) is 3.74. The quantitative estimate of drug-likeness (QED) is 0.843. The van der Waals surface area contributed by atoms with Crippen LogP contribution in [-0.4, -0.2) is 40.8 Å². The van der Waals surface area contributed by atoms with Gasteiger partial charge in [0, 0.05) is 32.6 Å². The predicted octanol–water partition coefficient (Wildman–Crippen LogP) is 1.74. The molecule has 112 valence electrons. The molecule has 21 heavy (non-hydrogen) atoms. The van der Waals surface area contributed by atoms with Crippen molar-refractivity contribution in [1.82, 2.24) is 14.8 Å². The number of carbonyl (C=O) groups is 1. The Morgan fingerprint density at radius 1 is 1.52 bits per heavy atom. The van der Waals surface area contributed by atoms with Crippen LogP contribution in [0.1, 0.15) is 10.5 Å². The van der Waals surface area contributed by atoms with E-state index in [0.29, 0.717) is 5.69 Å². The Balaban J connectivity index is 2.13. The highest BCUT2D eigenvalue weighted by Gasteiger charge is 2.17. The van der Waals surface area contributed by atoms with E-state index >= 15 is 0 Å². The lowest BCUT2D eigenvalue weighted by molar-refractivity contribution is 0.0817. The van der Waals surface area contributed by atoms with Gasteiger partial charge in [-0.1, -0.05) is 0 Å². The van der Waals surface area contributed by atoms with Crippen LogP contribution in [0.5, 0.6) is 5.75 Å². The fourth-order valence-corrected chi connectivity index (χ4v) is 1.65. The minimum Gasteiger partial charge on any atom is -0.488 e. The lowest BCUT2D eigenvalue weighted by Gasteiger charge is -2.14. The van der Waals surface area contributed by atoms with Crippen LogP contribution in [-0.2, 0) is 7.05 Å². The molecule has 0 unspecified atom stereocenters. The molecule has 0 bridgehead atoms. The summed E-state index contributed by atoms with van der Waals surface area (Å²) in [4.78, 5) is 17.6. The monoisotopic (exact) mass is 296 g/mol. The molecule has 8 heteroatoms. The van der Waals surface area contributed by atoms with E-state index in [-0.39, 0.29) is 17.4 Å². The topological polar surface area (TPSA) is 60.3 Å². The smallest absolute Gasteiger partial charge is 0.276 e. The van der Waals surface area contributed by atoms with Crippen molar-refractivity contribution in [3.63, 3.8) is 0 Å². The van der Waals surface area contributed by atoms with E-state index in [1.54, 1.807) is 25.0 Å². The average molecular weight is 296 g/mol. The molecule has 0 atom stereocenters. The second kappa shape index (κ2) is 6.29. The summed E-state index contributed by atoms with van der Waals surface area (Å²) >= 11 is 0. The molecule has 2 rings (SSSR count). The molecule has 2 aromatic heterocycles. The zero-order valence-corrected chi connectivity index (χ0v) is 11.5. The van der Waals surface area contributed by atoms with E-state index in [9.17, 15) is 13.6 Å². The molecule has 0 saturated carbocycles. The zero-order chi connectivity index (χ0) is 15.4. The van der Waals surface area contributed by atoms with Crippen molar-refractivity contribution < 1.29 is 18.3 Å². The number of hydrogen-bond acceptors (Lipinski definition) is 4. The summed E-state index contributed by atoms with van der Waals surface area (Å²) in [5.74, 6) is -0.210. The number of amides is 1. The van der Waals surface area contributed by atoms with Gasteiger partial charge in [-0.05, 0) is 6.07 Å². The average Bonchev–Trinajstić information content (AvgIpc) is 2.90. The predicted molar refractivity (Wildman–Crippen MR) is 71.7 cm³/mol. The van der Waals surface area contributed by atoms with Gasteiger partial charge < -0.3 is 9.64 Å². The van der Waals surface area contributed by atoms with Gasteiger partial charge in [0.15, 0.2) is 0 Å². The molecule has 0 aromatic carbocycles. The van der Waals surface area contributed by atoms with Gasteiger partial charge in [-0.15, -0.1) is 0 Å². The highest BCUT2D eigenvalue weighted by atomic mass is 19.3. The molecular formula is C13H14F2N4O2. The standard InChI is InChI=1S/C13H14F2N4O2/c1-18-7-9(6-17-18)19(2)13(20)11-5-10(3-4-16-11)21-8-12(14)15/h3-7,12H,8H2,1-2H3. The van der Waals surface area contributed by atoms with Gasteiger partial charge in [-0.25, -0.2) is 8.78 Å². The van der Waals surface area contributed by atoms with Crippen LogP contribution >= 0.6 is 0 Å². The SMILES string of the molecule is CN(C(=O)c1cc(OCC(F)F)ccn1)c1cnn(C)c1. The van der Waals surface area contributed by atoms with Crippen molar-refractivity contribution >= 4 is 11.6 Å². The number of rotatable bonds is 5. The first-order valence-electron chi connectivity index (χ1n) is 6.11. The molecule has 0 spiro atoms. The number of halogens is 2. The number of alkyl halides is 2. The molecular weight excluding hydrogens is 282 g/mol. The molecule has 6 nitrogen and oxygen atoms in total. The number of pyridine rings is 1. The van der Waals surface area contributed by atoms with Gasteiger partial charge in [0.2, 0.25) is 0 Å². The largest absolute Gasteiger partial charge is 0.488 e. The lowest BCUT2D eigenvalue weighted by atomic mass is 10.3. The number of aromatic nitrogens is 3. The Morgan fingerprint density at radius 3 is 2.90 bits per heavy atom. The minimum atomic E-state index is -2.57. The highest BCUT2D eigenvalue weighted by molar-refractivity contribution is 6.04. The maximum atomic E-state index is 12.3. The third-order valence-electron chi connectivity index (χ3n) is 2.71. The Kier molecular flexibility index (Phi) is 4.46. The number of hydrogen-bond donors (Lipinski definition) is 0. The van der Waals surface area contributed by atoms with Crippen molar-refractivity contribution in [3.8, 4) is 5.75 Å². The van der Waals surface area contributed by atoms with Crippen molar-refractivity contribution in [2.24, 2.45) is 7.05 Å². The summed E-state index contributed by atoms with van der Waals surface area (Å²) in [6.07, 6.45) is 1.98. The Morgan fingerprint density at radius 2 is 2.29 bits per heavy atom. The van der Waals surface area contributed by atoms with Gasteiger partial charge in [-0.3, -0.25) is 14.5 Å². The fraction of sp³-hybridized carbons (Fsp3) is 0.308. The molecule has 2 heterocycles. The fourth-order valence-electron chi connectivity index (χ4n) is 1.65. The van der Waals surface area contributed by atoms with Crippen molar-refractivity contribution in [1.29, 1.82) is 0 Å². The molecule has 2 aromatic rings. The molecule has 0 fully saturated rings. The van der Waals surface area contributed by atoms with Crippen LogP contribution in [0.25, 0.3) is 0 Å². The normalized spacial score (nSPS) is 10.7. The van der Waals surface area contributed by atoms with Crippen LogP contribution in [0, 0.1) is 0 Å². The van der Waals surface area contributed by atoms with E-state index in [0.717, 1.165) is 0 Å². The van der Waals surface area contributed by atoms with Crippen LogP contribution in [0.4, 0.5) is 14.5 Å². The van der Waals surface area contributed by atoms with Gasteiger partial charge in [0.05, 0.1) is 11.9 Å². The first kappa shape index (κ1) is 14.9. The molecule has 0 aliphatic heterocycles.